The molecule has 2 aromatic heterocycles. The number of alkyl halides is 3. The molecule has 0 aliphatic carbocycles. The minimum Gasteiger partial charge on any atom is -0.431 e. The highest BCUT2D eigenvalue weighted by Gasteiger charge is 2.58. The zero-order valence-electron chi connectivity index (χ0n) is 16.2. The van der Waals surface area contributed by atoms with Crippen LogP contribution in [-0.4, -0.2) is 67.7 Å². The van der Waals surface area contributed by atoms with Gasteiger partial charge in [-0.3, -0.25) is 0 Å². The second-order valence-corrected chi connectivity index (χ2v) is 7.27. The van der Waals surface area contributed by atoms with Crippen molar-refractivity contribution < 1.29 is 42.4 Å². The monoisotopic (exact) mass is 445 g/mol. The molecule has 0 aromatic carbocycles. The minimum atomic E-state index is -4.85. The van der Waals surface area contributed by atoms with E-state index in [2.05, 4.69) is 19.6 Å². The molecule has 0 amide bonds. The first-order valence-electron chi connectivity index (χ1n) is 8.80. The van der Waals surface area contributed by atoms with E-state index in [4.69, 9.17) is 10.5 Å². The van der Waals surface area contributed by atoms with Gasteiger partial charge in [0.15, 0.2) is 5.82 Å². The lowest BCUT2D eigenvalue weighted by Gasteiger charge is -2.27. The highest BCUT2D eigenvalue weighted by molar-refractivity contribution is 5.66. The Balaban J connectivity index is 1.79. The number of halogens is 3. The van der Waals surface area contributed by atoms with Crippen LogP contribution in [0.1, 0.15) is 19.5 Å². The van der Waals surface area contributed by atoms with E-state index in [1.165, 1.54) is 16.6 Å². The van der Waals surface area contributed by atoms with E-state index in [-0.39, 0.29) is 11.5 Å². The van der Waals surface area contributed by atoms with E-state index in [0.717, 1.165) is 6.33 Å². The second kappa shape index (κ2) is 7.52. The third-order valence-corrected chi connectivity index (χ3v) is 4.87. The van der Waals surface area contributed by atoms with E-state index in [0.29, 0.717) is 19.4 Å². The summed E-state index contributed by atoms with van der Waals surface area (Å²) in [5.41, 5.74) is 1.09. The molecule has 0 radical (unpaired) electrons. The second-order valence-electron chi connectivity index (χ2n) is 7.27. The molecule has 0 spiro atoms. The number of hydrogen-bond acceptors (Lipinski definition) is 10. The summed E-state index contributed by atoms with van der Waals surface area (Å²) < 4.78 is 54.1. The van der Waals surface area contributed by atoms with Crippen LogP contribution in [0.2, 0.25) is 0 Å². The number of nitriles is 1. The van der Waals surface area contributed by atoms with Gasteiger partial charge >= 0.3 is 12.3 Å². The number of fused-ring (bicyclic) bond motifs is 1. The topological polar surface area (TPSA) is 165 Å². The maximum Gasteiger partial charge on any atom is 0.509 e. The molecule has 4 atom stereocenters. The molecule has 1 aliphatic rings. The van der Waals surface area contributed by atoms with E-state index >= 15 is 0 Å². The standard InChI is InChI=1S/C17H18F3N5O6/c1-15(2,17(18,19)20)31-14(28)29-5-9-11(26)12(27)16(6-21,30-9)10-4-3-8-13(22)23-7-24-25(8)10/h3-4,7,9,11-12,26-27H,5H2,1-2H3,(H2,22,23,24)/t9-,11-,12-,16+/m1/s1. The highest BCUT2D eigenvalue weighted by Crippen LogP contribution is 2.40. The van der Waals surface area contributed by atoms with Crippen LogP contribution in [-0.2, 0) is 19.8 Å². The molecule has 0 unspecified atom stereocenters. The van der Waals surface area contributed by atoms with Gasteiger partial charge in [-0.05, 0) is 26.0 Å². The summed E-state index contributed by atoms with van der Waals surface area (Å²) in [6, 6.07) is 4.62. The maximum absolute atomic E-state index is 12.8. The normalized spacial score (nSPS) is 26.6. The number of aliphatic hydroxyl groups excluding tert-OH is 2. The van der Waals surface area contributed by atoms with Crippen molar-refractivity contribution in [1.29, 1.82) is 5.26 Å². The van der Waals surface area contributed by atoms with Crippen LogP contribution < -0.4 is 5.73 Å². The summed E-state index contributed by atoms with van der Waals surface area (Å²) in [6.45, 7) is 0.463. The molecule has 0 saturated carbocycles. The number of nitrogens with two attached hydrogens (primary N) is 1. The fourth-order valence-corrected chi connectivity index (χ4v) is 3.00. The molecule has 14 heteroatoms. The van der Waals surface area contributed by atoms with Crippen molar-refractivity contribution in [3.05, 3.63) is 24.2 Å². The Kier molecular flexibility index (Phi) is 5.47. The molecule has 4 N–H and O–H groups in total. The van der Waals surface area contributed by atoms with Gasteiger partial charge in [0.2, 0.25) is 11.2 Å². The summed E-state index contributed by atoms with van der Waals surface area (Å²) in [6.07, 6.45) is -10.4. The molecule has 2 aromatic rings. The van der Waals surface area contributed by atoms with E-state index in [9.17, 15) is 33.4 Å². The first-order chi connectivity index (χ1) is 14.3. The largest absolute Gasteiger partial charge is 0.509 e. The number of carbonyl (C=O) groups is 1. The third kappa shape index (κ3) is 3.71. The van der Waals surface area contributed by atoms with Crippen LogP contribution in [0.5, 0.6) is 0 Å². The number of ether oxygens (including phenoxy) is 3. The third-order valence-electron chi connectivity index (χ3n) is 4.87. The molecule has 31 heavy (non-hydrogen) atoms. The predicted octanol–water partition coefficient (Wildman–Crippen LogP) is 0.645. The first kappa shape index (κ1) is 22.5. The fourth-order valence-electron chi connectivity index (χ4n) is 3.00. The lowest BCUT2D eigenvalue weighted by Crippen LogP contribution is -2.44. The van der Waals surface area contributed by atoms with Gasteiger partial charge in [0.1, 0.15) is 42.8 Å². The predicted molar refractivity (Wildman–Crippen MR) is 94.1 cm³/mol. The molecule has 3 heterocycles. The Morgan fingerprint density at radius 2 is 2.10 bits per heavy atom. The van der Waals surface area contributed by atoms with Gasteiger partial charge in [0.05, 0.1) is 5.69 Å². The number of aliphatic hydroxyl groups is 2. The maximum atomic E-state index is 12.8. The highest BCUT2D eigenvalue weighted by atomic mass is 19.4. The van der Waals surface area contributed by atoms with Crippen molar-refractivity contribution in [1.82, 2.24) is 14.6 Å². The number of nitrogens with zero attached hydrogens (tertiary/aromatic N) is 4. The van der Waals surface area contributed by atoms with E-state index in [1.54, 1.807) is 6.07 Å². The van der Waals surface area contributed by atoms with Crippen LogP contribution in [0, 0.1) is 11.3 Å². The molecular weight excluding hydrogens is 427 g/mol. The van der Waals surface area contributed by atoms with Crippen LogP contribution in [0.4, 0.5) is 23.8 Å². The van der Waals surface area contributed by atoms with Crippen molar-refractivity contribution in [2.75, 3.05) is 12.3 Å². The lowest BCUT2D eigenvalue weighted by atomic mass is 9.92. The van der Waals surface area contributed by atoms with Crippen molar-refractivity contribution in [3.8, 4) is 6.07 Å². The summed E-state index contributed by atoms with van der Waals surface area (Å²) in [5.74, 6) is 0.0808. The van der Waals surface area contributed by atoms with Gasteiger partial charge in [-0.25, -0.2) is 14.3 Å². The van der Waals surface area contributed by atoms with Crippen molar-refractivity contribution in [2.45, 2.75) is 49.5 Å². The lowest BCUT2D eigenvalue weighted by molar-refractivity contribution is -0.250. The average Bonchev–Trinajstić information content (AvgIpc) is 3.21. The Hall–Kier alpha value is -3.15. The SMILES string of the molecule is CC(C)(OC(=O)OC[C@H]1O[C@@](C#N)(c2ccc3c(N)ncnn23)[C@H](O)[C@@H]1O)C(F)(F)F. The number of aromatic nitrogens is 3. The summed E-state index contributed by atoms with van der Waals surface area (Å²) in [5, 5.41) is 34.6. The van der Waals surface area contributed by atoms with E-state index in [1.807, 2.05) is 0 Å². The molecule has 1 fully saturated rings. The van der Waals surface area contributed by atoms with Gasteiger partial charge in [-0.2, -0.15) is 23.5 Å². The first-order valence-corrected chi connectivity index (χ1v) is 8.80. The smallest absolute Gasteiger partial charge is 0.431 e. The molecule has 168 valence electrons. The van der Waals surface area contributed by atoms with Gasteiger partial charge in [0, 0.05) is 0 Å². The Morgan fingerprint density at radius 1 is 1.42 bits per heavy atom. The minimum absolute atomic E-state index is 0.00827. The molecule has 11 nitrogen and oxygen atoms in total. The molecule has 3 rings (SSSR count). The Morgan fingerprint density at radius 3 is 2.71 bits per heavy atom. The number of hydrogen-bond donors (Lipinski definition) is 3. The van der Waals surface area contributed by atoms with Crippen LogP contribution >= 0.6 is 0 Å². The van der Waals surface area contributed by atoms with Gasteiger partial charge in [0.25, 0.3) is 0 Å². The summed E-state index contributed by atoms with van der Waals surface area (Å²) in [7, 11) is 0. The summed E-state index contributed by atoms with van der Waals surface area (Å²) in [4.78, 5) is 15.5. The number of rotatable bonds is 4. The molecule has 0 bridgehead atoms. The molecular formula is C17H18F3N5O6. The van der Waals surface area contributed by atoms with Gasteiger partial charge < -0.3 is 30.2 Å². The Bertz CT molecular complexity index is 1040. The van der Waals surface area contributed by atoms with Crippen molar-refractivity contribution in [2.24, 2.45) is 0 Å². The van der Waals surface area contributed by atoms with Gasteiger partial charge in [-0.1, -0.05) is 0 Å². The number of carbonyl (C=O) groups excluding carboxylic acids is 1. The van der Waals surface area contributed by atoms with Gasteiger partial charge in [-0.15, -0.1) is 0 Å². The molecule has 1 aliphatic heterocycles. The zero-order chi connectivity index (χ0) is 23.2. The van der Waals surface area contributed by atoms with E-state index < -0.39 is 48.5 Å². The van der Waals surface area contributed by atoms with Crippen molar-refractivity contribution in [3.63, 3.8) is 0 Å². The van der Waals surface area contributed by atoms with Crippen LogP contribution in [0.15, 0.2) is 18.5 Å². The number of nitrogen functional groups attached to an aromatic ring is 1. The quantitative estimate of drug-likeness (QED) is 0.569. The van der Waals surface area contributed by atoms with Crippen molar-refractivity contribution >= 4 is 17.5 Å². The van der Waals surface area contributed by atoms with Crippen LogP contribution in [0.3, 0.4) is 0 Å². The van der Waals surface area contributed by atoms with Crippen LogP contribution in [0.25, 0.3) is 5.52 Å². The average molecular weight is 445 g/mol. The Labute approximate surface area is 172 Å². The number of anilines is 1. The summed E-state index contributed by atoms with van der Waals surface area (Å²) >= 11 is 0. The fraction of sp³-hybridized carbons (Fsp3) is 0.529. The zero-order valence-corrected chi connectivity index (χ0v) is 16.2. The molecule has 1 saturated heterocycles.